The van der Waals surface area contributed by atoms with E-state index in [2.05, 4.69) is 29.1 Å². The summed E-state index contributed by atoms with van der Waals surface area (Å²) >= 11 is 12.3. The number of hydrogen-bond donors (Lipinski definition) is 1. The smallest absolute Gasteiger partial charge is 0.133 e. The maximum atomic E-state index is 6.30. The molecule has 0 saturated carbocycles. The van der Waals surface area contributed by atoms with Crippen LogP contribution < -0.4 is 5.32 Å². The van der Waals surface area contributed by atoms with E-state index in [-0.39, 0.29) is 5.92 Å². The third-order valence-electron chi connectivity index (χ3n) is 3.10. The first-order chi connectivity index (χ1) is 9.43. The van der Waals surface area contributed by atoms with Gasteiger partial charge in [0.25, 0.3) is 0 Å². The molecule has 0 aliphatic heterocycles. The first-order valence-corrected chi connectivity index (χ1v) is 7.21. The lowest BCUT2D eigenvalue weighted by molar-refractivity contribution is 0.775. The zero-order valence-electron chi connectivity index (χ0n) is 12.0. The minimum Gasteiger partial charge on any atom is -0.373 e. The van der Waals surface area contributed by atoms with E-state index < -0.39 is 0 Å². The van der Waals surface area contributed by atoms with Gasteiger partial charge < -0.3 is 5.32 Å². The molecule has 1 heterocycles. The average Bonchev–Trinajstić information content (AvgIpc) is 2.39. The van der Waals surface area contributed by atoms with Gasteiger partial charge in [0.15, 0.2) is 0 Å². The lowest BCUT2D eigenvalue weighted by Gasteiger charge is -2.15. The van der Waals surface area contributed by atoms with Crippen LogP contribution in [0.3, 0.4) is 0 Å². The normalized spacial score (nSPS) is 10.9. The Kier molecular flexibility index (Phi) is 4.51. The Morgan fingerprint density at radius 1 is 1.15 bits per heavy atom. The summed E-state index contributed by atoms with van der Waals surface area (Å²) < 4.78 is 0. The van der Waals surface area contributed by atoms with Crippen molar-refractivity contribution in [3.63, 3.8) is 0 Å². The summed E-state index contributed by atoms with van der Waals surface area (Å²) in [6.07, 6.45) is 0. The monoisotopic (exact) mass is 309 g/mol. The van der Waals surface area contributed by atoms with Crippen molar-refractivity contribution in [1.82, 2.24) is 9.97 Å². The molecule has 0 unspecified atom stereocenters. The summed E-state index contributed by atoms with van der Waals surface area (Å²) in [6, 6.07) is 5.44. The Morgan fingerprint density at radius 3 is 2.40 bits per heavy atom. The molecule has 1 aromatic carbocycles. The second kappa shape index (κ2) is 5.98. The van der Waals surface area contributed by atoms with Crippen LogP contribution in [0.1, 0.15) is 31.2 Å². The molecule has 20 heavy (non-hydrogen) atoms. The van der Waals surface area contributed by atoms with E-state index in [1.807, 2.05) is 26.1 Å². The minimum absolute atomic E-state index is 0.243. The highest BCUT2D eigenvalue weighted by Gasteiger charge is 2.16. The van der Waals surface area contributed by atoms with Gasteiger partial charge in [-0.1, -0.05) is 37.0 Å². The van der Waals surface area contributed by atoms with Crippen LogP contribution in [0.2, 0.25) is 10.0 Å². The number of nitrogens with zero attached hydrogens (tertiary/aromatic N) is 2. The molecule has 0 aliphatic carbocycles. The molecule has 3 nitrogen and oxygen atoms in total. The van der Waals surface area contributed by atoms with Gasteiger partial charge in [-0.05, 0) is 25.1 Å². The third-order valence-corrected chi connectivity index (χ3v) is 3.65. The van der Waals surface area contributed by atoms with E-state index in [1.54, 1.807) is 6.07 Å². The van der Waals surface area contributed by atoms with Crippen molar-refractivity contribution < 1.29 is 0 Å². The highest BCUT2D eigenvalue weighted by Crippen LogP contribution is 2.33. The van der Waals surface area contributed by atoms with E-state index >= 15 is 0 Å². The first-order valence-electron chi connectivity index (χ1n) is 6.45. The fourth-order valence-corrected chi connectivity index (χ4v) is 2.48. The van der Waals surface area contributed by atoms with Crippen molar-refractivity contribution in [1.29, 1.82) is 0 Å². The number of rotatable bonds is 3. The van der Waals surface area contributed by atoms with Crippen LogP contribution in [0.4, 0.5) is 5.82 Å². The third kappa shape index (κ3) is 2.89. The zero-order valence-corrected chi connectivity index (χ0v) is 13.5. The Bertz CT molecular complexity index is 639. The molecule has 0 bridgehead atoms. The lowest BCUT2D eigenvalue weighted by Crippen LogP contribution is -2.06. The first kappa shape index (κ1) is 15.1. The average molecular weight is 310 g/mol. The molecule has 0 aliphatic rings. The van der Waals surface area contributed by atoms with Crippen molar-refractivity contribution in [3.8, 4) is 11.3 Å². The van der Waals surface area contributed by atoms with Crippen molar-refractivity contribution in [2.45, 2.75) is 26.7 Å². The van der Waals surface area contributed by atoms with Crippen LogP contribution >= 0.6 is 23.2 Å². The lowest BCUT2D eigenvalue weighted by atomic mass is 10.1. The summed E-state index contributed by atoms with van der Waals surface area (Å²) in [4.78, 5) is 9.19. The second-order valence-corrected chi connectivity index (χ2v) is 5.78. The van der Waals surface area contributed by atoms with Crippen LogP contribution in [0.15, 0.2) is 18.2 Å². The number of aromatic nitrogens is 2. The van der Waals surface area contributed by atoms with E-state index in [0.717, 1.165) is 28.5 Å². The van der Waals surface area contributed by atoms with Gasteiger partial charge in [0.1, 0.15) is 11.6 Å². The van der Waals surface area contributed by atoms with Gasteiger partial charge >= 0.3 is 0 Å². The van der Waals surface area contributed by atoms with Crippen LogP contribution in [0, 0.1) is 6.92 Å². The molecule has 5 heteroatoms. The summed E-state index contributed by atoms with van der Waals surface area (Å²) in [5.41, 5.74) is 2.69. The largest absolute Gasteiger partial charge is 0.373 e. The van der Waals surface area contributed by atoms with E-state index in [9.17, 15) is 0 Å². The number of nitrogens with one attached hydrogen (secondary N) is 1. The number of halogens is 2. The molecule has 106 valence electrons. The molecular weight excluding hydrogens is 293 g/mol. The molecule has 0 atom stereocenters. The molecule has 2 rings (SSSR count). The standard InChI is InChI=1S/C15H17Cl2N3/c1-8(2)14-19-13(9(3)15(18-4)20-14)11-6-5-10(16)7-12(11)17/h5-8H,1-4H3,(H,18,19,20). The van der Waals surface area contributed by atoms with E-state index in [0.29, 0.717) is 10.0 Å². The van der Waals surface area contributed by atoms with Gasteiger partial charge in [0.2, 0.25) is 0 Å². The molecule has 0 saturated heterocycles. The highest BCUT2D eigenvalue weighted by atomic mass is 35.5. The van der Waals surface area contributed by atoms with E-state index in [4.69, 9.17) is 23.2 Å². The second-order valence-electron chi connectivity index (χ2n) is 4.93. The Balaban J connectivity index is 2.68. The molecule has 0 radical (unpaired) electrons. The highest BCUT2D eigenvalue weighted by molar-refractivity contribution is 6.36. The fourth-order valence-electron chi connectivity index (χ4n) is 1.98. The summed E-state index contributed by atoms with van der Waals surface area (Å²) in [7, 11) is 1.85. The Hall–Kier alpha value is -1.32. The van der Waals surface area contributed by atoms with Crippen LogP contribution in [0.5, 0.6) is 0 Å². The van der Waals surface area contributed by atoms with Crippen molar-refractivity contribution in [2.24, 2.45) is 0 Å². The van der Waals surface area contributed by atoms with Crippen molar-refractivity contribution >= 4 is 29.0 Å². The Morgan fingerprint density at radius 2 is 1.85 bits per heavy atom. The van der Waals surface area contributed by atoms with Crippen molar-refractivity contribution in [2.75, 3.05) is 12.4 Å². The minimum atomic E-state index is 0.243. The predicted molar refractivity (Wildman–Crippen MR) is 85.9 cm³/mol. The molecule has 0 fully saturated rings. The van der Waals surface area contributed by atoms with Gasteiger partial charge in [0.05, 0.1) is 10.7 Å². The number of hydrogen-bond acceptors (Lipinski definition) is 3. The summed E-state index contributed by atoms with van der Waals surface area (Å²) in [5.74, 6) is 1.86. The van der Waals surface area contributed by atoms with Gasteiger partial charge in [-0.25, -0.2) is 9.97 Å². The van der Waals surface area contributed by atoms with Gasteiger partial charge in [-0.15, -0.1) is 0 Å². The quantitative estimate of drug-likeness (QED) is 0.874. The molecule has 0 amide bonds. The maximum Gasteiger partial charge on any atom is 0.133 e. The topological polar surface area (TPSA) is 37.8 Å². The molecule has 2 aromatic rings. The molecule has 1 N–H and O–H groups in total. The van der Waals surface area contributed by atoms with Gasteiger partial charge in [-0.3, -0.25) is 0 Å². The predicted octanol–water partition coefficient (Wildman–Crippen LogP) is 4.92. The van der Waals surface area contributed by atoms with Crippen LogP contribution in [-0.2, 0) is 0 Å². The summed E-state index contributed by atoms with van der Waals surface area (Å²) in [6.45, 7) is 6.12. The van der Waals surface area contributed by atoms with Gasteiger partial charge in [-0.2, -0.15) is 0 Å². The van der Waals surface area contributed by atoms with Crippen LogP contribution in [-0.4, -0.2) is 17.0 Å². The number of benzene rings is 1. The summed E-state index contributed by atoms with van der Waals surface area (Å²) in [5, 5.41) is 4.32. The fraction of sp³-hybridized carbons (Fsp3) is 0.333. The molecule has 1 aromatic heterocycles. The maximum absolute atomic E-state index is 6.30. The zero-order chi connectivity index (χ0) is 14.9. The van der Waals surface area contributed by atoms with Crippen LogP contribution in [0.25, 0.3) is 11.3 Å². The molecule has 0 spiro atoms. The van der Waals surface area contributed by atoms with Crippen molar-refractivity contribution in [3.05, 3.63) is 39.6 Å². The van der Waals surface area contributed by atoms with Gasteiger partial charge in [0, 0.05) is 29.1 Å². The molecular formula is C15H17Cl2N3. The van der Waals surface area contributed by atoms with E-state index in [1.165, 1.54) is 0 Å². The SMILES string of the molecule is CNc1nc(C(C)C)nc(-c2ccc(Cl)cc2Cl)c1C. The Labute approximate surface area is 129 Å². The number of anilines is 1.